The van der Waals surface area contributed by atoms with Crippen LogP contribution >= 0.6 is 24.8 Å². The molecule has 6 heteroatoms. The first-order chi connectivity index (χ1) is 9.42. The van der Waals surface area contributed by atoms with Crippen molar-refractivity contribution in [1.82, 2.24) is 10.3 Å². The van der Waals surface area contributed by atoms with Gasteiger partial charge in [0.25, 0.3) is 0 Å². The lowest BCUT2D eigenvalue weighted by Crippen LogP contribution is -2.16. The Labute approximate surface area is 136 Å². The van der Waals surface area contributed by atoms with E-state index in [1.165, 1.54) is 11.1 Å². The van der Waals surface area contributed by atoms with Gasteiger partial charge in [-0.25, -0.2) is 0 Å². The predicted octanol–water partition coefficient (Wildman–Crippen LogP) is 2.99. The molecule has 0 atom stereocenters. The third kappa shape index (κ3) is 4.77. The van der Waals surface area contributed by atoms with Crippen LogP contribution in [0, 0.1) is 0 Å². The molecule has 0 saturated carbocycles. The van der Waals surface area contributed by atoms with E-state index in [0.29, 0.717) is 13.2 Å². The Kier molecular flexibility index (Phi) is 7.29. The highest BCUT2D eigenvalue weighted by molar-refractivity contribution is 5.85. The van der Waals surface area contributed by atoms with E-state index in [2.05, 4.69) is 22.4 Å². The minimum Gasteiger partial charge on any atom is -0.486 e. The van der Waals surface area contributed by atoms with Crippen LogP contribution in [-0.2, 0) is 13.1 Å². The average molecular weight is 329 g/mol. The summed E-state index contributed by atoms with van der Waals surface area (Å²) in [4.78, 5) is 4.09. The van der Waals surface area contributed by atoms with Crippen LogP contribution in [-0.4, -0.2) is 18.2 Å². The topological polar surface area (TPSA) is 43.4 Å². The monoisotopic (exact) mass is 328 g/mol. The Morgan fingerprint density at radius 1 is 0.952 bits per heavy atom. The fourth-order valence-electron chi connectivity index (χ4n) is 2.05. The van der Waals surface area contributed by atoms with E-state index in [4.69, 9.17) is 9.47 Å². The van der Waals surface area contributed by atoms with Gasteiger partial charge in [0.2, 0.25) is 0 Å². The number of benzene rings is 1. The van der Waals surface area contributed by atoms with Crippen LogP contribution in [0.2, 0.25) is 0 Å². The number of nitrogens with one attached hydrogen (secondary N) is 1. The molecule has 0 amide bonds. The van der Waals surface area contributed by atoms with Crippen LogP contribution in [0.25, 0.3) is 0 Å². The van der Waals surface area contributed by atoms with Crippen molar-refractivity contribution in [1.29, 1.82) is 0 Å². The molecule has 2 heterocycles. The number of hydrogen-bond acceptors (Lipinski definition) is 4. The fraction of sp³-hybridized carbons (Fsp3) is 0.267. The second-order valence-electron chi connectivity index (χ2n) is 4.44. The Balaban J connectivity index is 0.00000110. The quantitative estimate of drug-likeness (QED) is 0.937. The molecule has 0 fully saturated rings. The van der Waals surface area contributed by atoms with Gasteiger partial charge in [-0.1, -0.05) is 12.1 Å². The van der Waals surface area contributed by atoms with Crippen LogP contribution in [0.1, 0.15) is 11.1 Å². The molecule has 1 aromatic carbocycles. The smallest absolute Gasteiger partial charge is 0.161 e. The molecule has 0 radical (unpaired) electrons. The van der Waals surface area contributed by atoms with Crippen LogP contribution in [0.4, 0.5) is 0 Å². The van der Waals surface area contributed by atoms with Gasteiger partial charge in [0.15, 0.2) is 11.5 Å². The molecule has 0 saturated heterocycles. The molecule has 21 heavy (non-hydrogen) atoms. The van der Waals surface area contributed by atoms with Crippen LogP contribution in [0.15, 0.2) is 42.7 Å². The van der Waals surface area contributed by atoms with Gasteiger partial charge in [0, 0.05) is 25.5 Å². The van der Waals surface area contributed by atoms with Gasteiger partial charge in [-0.2, -0.15) is 0 Å². The maximum absolute atomic E-state index is 5.57. The number of halogens is 2. The molecule has 1 aromatic heterocycles. The number of ether oxygens (including phenoxy) is 2. The first-order valence-electron chi connectivity index (χ1n) is 6.40. The molecule has 114 valence electrons. The molecule has 0 aliphatic carbocycles. The maximum atomic E-state index is 5.57. The van der Waals surface area contributed by atoms with Crippen molar-refractivity contribution >= 4 is 24.8 Å². The molecule has 1 aliphatic heterocycles. The SMILES string of the molecule is Cl.Cl.c1cncc(CNCc2ccc3c(c2)OCCO3)c1. The minimum atomic E-state index is 0. The van der Waals surface area contributed by atoms with Gasteiger partial charge in [-0.05, 0) is 29.3 Å². The van der Waals surface area contributed by atoms with Crippen molar-refractivity contribution in [2.24, 2.45) is 0 Å². The standard InChI is InChI=1S/C15H16N2O2.2ClH/c1-2-13(10-16-5-1)11-17-9-12-3-4-14-15(8-12)19-7-6-18-14;;/h1-5,8,10,17H,6-7,9,11H2;2*1H. The van der Waals surface area contributed by atoms with Crippen molar-refractivity contribution in [3.8, 4) is 11.5 Å². The van der Waals surface area contributed by atoms with Gasteiger partial charge in [-0.15, -0.1) is 24.8 Å². The van der Waals surface area contributed by atoms with E-state index in [0.717, 1.165) is 24.6 Å². The number of rotatable bonds is 4. The molecule has 0 unspecified atom stereocenters. The van der Waals surface area contributed by atoms with Gasteiger partial charge < -0.3 is 14.8 Å². The third-order valence-corrected chi connectivity index (χ3v) is 2.99. The van der Waals surface area contributed by atoms with Gasteiger partial charge >= 0.3 is 0 Å². The zero-order valence-electron chi connectivity index (χ0n) is 11.5. The number of hydrogen-bond donors (Lipinski definition) is 1. The maximum Gasteiger partial charge on any atom is 0.161 e. The lowest BCUT2D eigenvalue weighted by atomic mass is 10.2. The summed E-state index contributed by atoms with van der Waals surface area (Å²) in [7, 11) is 0. The first kappa shape index (κ1) is 17.6. The molecule has 2 aromatic rings. The lowest BCUT2D eigenvalue weighted by molar-refractivity contribution is 0.171. The molecular formula is C15H18Cl2N2O2. The zero-order valence-corrected chi connectivity index (χ0v) is 13.1. The van der Waals surface area contributed by atoms with Crippen LogP contribution in [0.5, 0.6) is 11.5 Å². The summed E-state index contributed by atoms with van der Waals surface area (Å²) in [5.74, 6) is 1.68. The van der Waals surface area contributed by atoms with Crippen molar-refractivity contribution < 1.29 is 9.47 Å². The second kappa shape index (κ2) is 8.72. The van der Waals surface area contributed by atoms with E-state index in [-0.39, 0.29) is 24.8 Å². The predicted molar refractivity (Wildman–Crippen MR) is 86.7 cm³/mol. The van der Waals surface area contributed by atoms with Crippen LogP contribution < -0.4 is 14.8 Å². The molecule has 3 rings (SSSR count). The van der Waals surface area contributed by atoms with E-state index in [1.807, 2.05) is 24.4 Å². The average Bonchev–Trinajstić information content (AvgIpc) is 2.48. The summed E-state index contributed by atoms with van der Waals surface area (Å²) in [5.41, 5.74) is 2.37. The molecule has 0 spiro atoms. The normalized spacial score (nSPS) is 12.0. The summed E-state index contributed by atoms with van der Waals surface area (Å²) in [5, 5.41) is 3.39. The number of nitrogens with zero attached hydrogens (tertiary/aromatic N) is 1. The highest BCUT2D eigenvalue weighted by atomic mass is 35.5. The van der Waals surface area contributed by atoms with E-state index in [9.17, 15) is 0 Å². The fourth-order valence-corrected chi connectivity index (χ4v) is 2.05. The van der Waals surface area contributed by atoms with Crippen LogP contribution in [0.3, 0.4) is 0 Å². The van der Waals surface area contributed by atoms with Crippen molar-refractivity contribution in [2.45, 2.75) is 13.1 Å². The number of fused-ring (bicyclic) bond motifs is 1. The highest BCUT2D eigenvalue weighted by Gasteiger charge is 2.11. The Bertz CT molecular complexity index is 553. The summed E-state index contributed by atoms with van der Waals surface area (Å²) in [6.45, 7) is 2.86. The highest BCUT2D eigenvalue weighted by Crippen LogP contribution is 2.30. The van der Waals surface area contributed by atoms with Crippen molar-refractivity contribution in [3.05, 3.63) is 53.9 Å². The van der Waals surface area contributed by atoms with Crippen molar-refractivity contribution in [3.63, 3.8) is 0 Å². The lowest BCUT2D eigenvalue weighted by Gasteiger charge is -2.19. The number of aromatic nitrogens is 1. The van der Waals surface area contributed by atoms with Crippen molar-refractivity contribution in [2.75, 3.05) is 13.2 Å². The third-order valence-electron chi connectivity index (χ3n) is 2.99. The number of pyridine rings is 1. The van der Waals surface area contributed by atoms with Gasteiger partial charge in [0.1, 0.15) is 13.2 Å². The summed E-state index contributed by atoms with van der Waals surface area (Å²) >= 11 is 0. The van der Waals surface area contributed by atoms with E-state index < -0.39 is 0 Å². The molecule has 0 bridgehead atoms. The van der Waals surface area contributed by atoms with Gasteiger partial charge in [-0.3, -0.25) is 4.98 Å². The largest absolute Gasteiger partial charge is 0.486 e. The summed E-state index contributed by atoms with van der Waals surface area (Å²) < 4.78 is 11.1. The molecule has 1 N–H and O–H groups in total. The Hall–Kier alpha value is -1.49. The Morgan fingerprint density at radius 2 is 1.71 bits per heavy atom. The van der Waals surface area contributed by atoms with E-state index in [1.54, 1.807) is 6.20 Å². The Morgan fingerprint density at radius 3 is 2.48 bits per heavy atom. The molecule has 1 aliphatic rings. The van der Waals surface area contributed by atoms with Gasteiger partial charge in [0.05, 0.1) is 0 Å². The molecular weight excluding hydrogens is 311 g/mol. The molecule has 4 nitrogen and oxygen atoms in total. The zero-order chi connectivity index (χ0) is 12.9. The second-order valence-corrected chi connectivity index (χ2v) is 4.44. The summed E-state index contributed by atoms with van der Waals surface area (Å²) in [6.07, 6.45) is 3.65. The first-order valence-corrected chi connectivity index (χ1v) is 6.40. The summed E-state index contributed by atoms with van der Waals surface area (Å²) in [6, 6.07) is 10.1. The van der Waals surface area contributed by atoms with E-state index >= 15 is 0 Å². The minimum absolute atomic E-state index is 0.